The summed E-state index contributed by atoms with van der Waals surface area (Å²) in [6.07, 6.45) is 7.14. The molecule has 0 saturated carbocycles. The molecule has 4 heterocycles. The molecule has 1 atom stereocenters. The zero-order chi connectivity index (χ0) is 20.2. The molecule has 0 radical (unpaired) electrons. The van der Waals surface area contributed by atoms with Crippen LogP contribution in [0.4, 0.5) is 0 Å². The average molecular weight is 395 g/mol. The molecular formula is C21H25N5O3. The Bertz CT molecular complexity index is 883. The molecule has 0 aromatic carbocycles. The van der Waals surface area contributed by atoms with E-state index < -0.39 is 0 Å². The molecular weight excluding hydrogens is 370 g/mol. The Morgan fingerprint density at radius 2 is 1.93 bits per heavy atom. The fraction of sp³-hybridized carbons (Fsp3) is 0.476. The van der Waals surface area contributed by atoms with Crippen LogP contribution in [0.25, 0.3) is 11.4 Å². The van der Waals surface area contributed by atoms with Gasteiger partial charge in [0.15, 0.2) is 5.82 Å². The van der Waals surface area contributed by atoms with Gasteiger partial charge in [-0.15, -0.1) is 0 Å². The van der Waals surface area contributed by atoms with E-state index >= 15 is 0 Å². The summed E-state index contributed by atoms with van der Waals surface area (Å²) in [7, 11) is 0. The molecule has 2 aliphatic heterocycles. The summed E-state index contributed by atoms with van der Waals surface area (Å²) < 4.78 is 5.52. The fourth-order valence-electron chi connectivity index (χ4n) is 3.80. The standard InChI is InChI=1S/C21H25N5O3/c1-15-17(14-23-19(24-15)16-5-2-7-22-13-16)20(27)25-8-4-9-26(11-10-25)21(28)18-6-3-12-29-18/h2,5,7,13-14,18H,3-4,6,8-12H2,1H3/t18-/m1/s1. The number of aromatic nitrogens is 3. The minimum absolute atomic E-state index is 0.0529. The van der Waals surface area contributed by atoms with Gasteiger partial charge in [0.05, 0.1) is 11.3 Å². The van der Waals surface area contributed by atoms with E-state index in [0.29, 0.717) is 49.9 Å². The highest BCUT2D eigenvalue weighted by molar-refractivity contribution is 5.95. The molecule has 152 valence electrons. The molecule has 2 aromatic heterocycles. The quantitative estimate of drug-likeness (QED) is 0.786. The van der Waals surface area contributed by atoms with Crippen LogP contribution in [-0.4, -0.2) is 75.5 Å². The molecule has 2 fully saturated rings. The van der Waals surface area contributed by atoms with E-state index in [1.165, 1.54) is 0 Å². The van der Waals surface area contributed by atoms with Gasteiger partial charge in [0.2, 0.25) is 0 Å². The lowest BCUT2D eigenvalue weighted by Gasteiger charge is -2.24. The molecule has 2 saturated heterocycles. The van der Waals surface area contributed by atoms with Crippen molar-refractivity contribution in [3.05, 3.63) is 42.0 Å². The molecule has 0 unspecified atom stereocenters. The average Bonchev–Trinajstić information content (AvgIpc) is 3.18. The van der Waals surface area contributed by atoms with Crippen LogP contribution < -0.4 is 0 Å². The number of pyridine rings is 1. The second kappa shape index (κ2) is 8.65. The molecule has 2 amide bonds. The summed E-state index contributed by atoms with van der Waals surface area (Å²) in [5, 5.41) is 0. The van der Waals surface area contributed by atoms with Gasteiger partial charge < -0.3 is 14.5 Å². The zero-order valence-electron chi connectivity index (χ0n) is 16.6. The molecule has 2 aromatic rings. The Kier molecular flexibility index (Phi) is 5.80. The normalized spacial score (nSPS) is 19.8. The van der Waals surface area contributed by atoms with Gasteiger partial charge in [0.25, 0.3) is 11.8 Å². The van der Waals surface area contributed by atoms with Crippen LogP contribution in [0.15, 0.2) is 30.7 Å². The highest BCUT2D eigenvalue weighted by Crippen LogP contribution is 2.19. The number of carbonyl (C=O) groups is 2. The molecule has 4 rings (SSSR count). The van der Waals surface area contributed by atoms with Gasteiger partial charge in [0, 0.05) is 56.9 Å². The van der Waals surface area contributed by atoms with Gasteiger partial charge in [-0.2, -0.15) is 0 Å². The van der Waals surface area contributed by atoms with Crippen LogP contribution in [0, 0.1) is 6.92 Å². The number of aryl methyl sites for hydroxylation is 1. The molecule has 29 heavy (non-hydrogen) atoms. The van der Waals surface area contributed by atoms with Gasteiger partial charge in [0.1, 0.15) is 6.10 Å². The SMILES string of the molecule is Cc1nc(-c2cccnc2)ncc1C(=O)N1CCCN(C(=O)[C@H]2CCCO2)CC1. The van der Waals surface area contributed by atoms with E-state index in [1.807, 2.05) is 24.0 Å². The van der Waals surface area contributed by atoms with Crippen molar-refractivity contribution in [2.24, 2.45) is 0 Å². The van der Waals surface area contributed by atoms with Gasteiger partial charge in [-0.3, -0.25) is 14.6 Å². The van der Waals surface area contributed by atoms with E-state index in [-0.39, 0.29) is 17.9 Å². The molecule has 2 aliphatic rings. The Morgan fingerprint density at radius 3 is 2.66 bits per heavy atom. The Morgan fingerprint density at radius 1 is 1.10 bits per heavy atom. The van der Waals surface area contributed by atoms with Crippen LogP contribution in [0.1, 0.15) is 35.3 Å². The maximum atomic E-state index is 13.1. The molecule has 8 heteroatoms. The number of carbonyl (C=O) groups excluding carboxylic acids is 2. The van der Waals surface area contributed by atoms with Crippen LogP contribution >= 0.6 is 0 Å². The van der Waals surface area contributed by atoms with Gasteiger partial charge in [-0.05, 0) is 38.3 Å². The predicted molar refractivity (Wildman–Crippen MR) is 106 cm³/mol. The maximum Gasteiger partial charge on any atom is 0.257 e. The monoisotopic (exact) mass is 395 g/mol. The van der Waals surface area contributed by atoms with Crippen LogP contribution in [0.2, 0.25) is 0 Å². The van der Waals surface area contributed by atoms with E-state index in [9.17, 15) is 9.59 Å². The third-order valence-corrected chi connectivity index (χ3v) is 5.43. The lowest BCUT2D eigenvalue weighted by molar-refractivity contribution is -0.140. The van der Waals surface area contributed by atoms with Crippen molar-refractivity contribution in [3.63, 3.8) is 0 Å². The fourth-order valence-corrected chi connectivity index (χ4v) is 3.80. The van der Waals surface area contributed by atoms with Crippen molar-refractivity contribution < 1.29 is 14.3 Å². The highest BCUT2D eigenvalue weighted by atomic mass is 16.5. The van der Waals surface area contributed by atoms with E-state index in [0.717, 1.165) is 24.8 Å². The summed E-state index contributed by atoms with van der Waals surface area (Å²) in [5.41, 5.74) is 1.95. The number of amides is 2. The second-order valence-electron chi connectivity index (χ2n) is 7.41. The Labute approximate surface area is 169 Å². The number of nitrogens with zero attached hydrogens (tertiary/aromatic N) is 5. The molecule has 0 bridgehead atoms. The summed E-state index contributed by atoms with van der Waals surface area (Å²) in [6, 6.07) is 3.71. The van der Waals surface area contributed by atoms with E-state index in [1.54, 1.807) is 23.5 Å². The highest BCUT2D eigenvalue weighted by Gasteiger charge is 2.30. The number of hydrogen-bond donors (Lipinski definition) is 0. The first-order valence-corrected chi connectivity index (χ1v) is 10.1. The second-order valence-corrected chi connectivity index (χ2v) is 7.41. The minimum Gasteiger partial charge on any atom is -0.368 e. The van der Waals surface area contributed by atoms with Crippen molar-refractivity contribution in [2.45, 2.75) is 32.3 Å². The van der Waals surface area contributed by atoms with E-state index in [4.69, 9.17) is 4.74 Å². The van der Waals surface area contributed by atoms with Gasteiger partial charge in [-0.25, -0.2) is 9.97 Å². The topological polar surface area (TPSA) is 88.5 Å². The molecule has 8 nitrogen and oxygen atoms in total. The zero-order valence-corrected chi connectivity index (χ0v) is 16.6. The Balaban J connectivity index is 1.43. The number of hydrogen-bond acceptors (Lipinski definition) is 6. The first-order valence-electron chi connectivity index (χ1n) is 10.1. The number of ether oxygens (including phenoxy) is 1. The summed E-state index contributed by atoms with van der Waals surface area (Å²) >= 11 is 0. The van der Waals surface area contributed by atoms with Gasteiger partial charge in [-0.1, -0.05) is 0 Å². The largest absolute Gasteiger partial charge is 0.368 e. The van der Waals surface area contributed by atoms with Crippen molar-refractivity contribution in [1.82, 2.24) is 24.8 Å². The predicted octanol–water partition coefficient (Wildman–Crippen LogP) is 1.70. The van der Waals surface area contributed by atoms with Crippen molar-refractivity contribution in [3.8, 4) is 11.4 Å². The molecule has 0 N–H and O–H groups in total. The smallest absolute Gasteiger partial charge is 0.257 e. The van der Waals surface area contributed by atoms with Crippen molar-refractivity contribution >= 4 is 11.8 Å². The summed E-state index contributed by atoms with van der Waals surface area (Å²) in [4.78, 5) is 42.2. The lowest BCUT2D eigenvalue weighted by atomic mass is 10.2. The lowest BCUT2D eigenvalue weighted by Crippen LogP contribution is -2.42. The first-order chi connectivity index (χ1) is 14.1. The first kappa shape index (κ1) is 19.4. The number of rotatable bonds is 3. The van der Waals surface area contributed by atoms with Gasteiger partial charge >= 0.3 is 0 Å². The Hall–Kier alpha value is -2.87. The van der Waals surface area contributed by atoms with E-state index in [2.05, 4.69) is 15.0 Å². The maximum absolute atomic E-state index is 13.1. The third kappa shape index (κ3) is 4.27. The molecule has 0 spiro atoms. The van der Waals surface area contributed by atoms with Crippen molar-refractivity contribution in [1.29, 1.82) is 0 Å². The van der Waals surface area contributed by atoms with Crippen LogP contribution in [0.3, 0.4) is 0 Å². The minimum atomic E-state index is -0.312. The van der Waals surface area contributed by atoms with Crippen molar-refractivity contribution in [2.75, 3.05) is 32.8 Å². The third-order valence-electron chi connectivity index (χ3n) is 5.43. The van der Waals surface area contributed by atoms with Crippen LogP contribution in [0.5, 0.6) is 0 Å². The summed E-state index contributed by atoms with van der Waals surface area (Å²) in [5.74, 6) is 0.514. The van der Waals surface area contributed by atoms with Crippen LogP contribution in [-0.2, 0) is 9.53 Å². The summed E-state index contributed by atoms with van der Waals surface area (Å²) in [6.45, 7) is 4.76. The molecule has 0 aliphatic carbocycles.